The van der Waals surface area contributed by atoms with Gasteiger partial charge in [-0.15, -0.1) is 0 Å². The quantitative estimate of drug-likeness (QED) is 0.0222. The van der Waals surface area contributed by atoms with Crippen molar-refractivity contribution < 1.29 is 80.2 Å². The first-order valence-electron chi connectivity index (χ1n) is 37.7. The molecule has 546 valence electrons. The number of esters is 4. The molecule has 0 bridgehead atoms. The Hall–Kier alpha value is -1.94. The van der Waals surface area contributed by atoms with Crippen molar-refractivity contribution in [3.63, 3.8) is 0 Å². The van der Waals surface area contributed by atoms with Gasteiger partial charge >= 0.3 is 39.5 Å². The summed E-state index contributed by atoms with van der Waals surface area (Å²) in [5, 5.41) is 10.6. The smallest absolute Gasteiger partial charge is 0.462 e. The highest BCUT2D eigenvalue weighted by atomic mass is 31.2. The van der Waals surface area contributed by atoms with Crippen LogP contribution in [0, 0.1) is 23.7 Å². The zero-order chi connectivity index (χ0) is 68.2. The van der Waals surface area contributed by atoms with E-state index in [1.807, 2.05) is 0 Å². The Morgan fingerprint density at radius 3 is 0.674 bits per heavy atom. The number of hydrogen-bond donors (Lipinski definition) is 3. The summed E-state index contributed by atoms with van der Waals surface area (Å²) >= 11 is 0. The van der Waals surface area contributed by atoms with E-state index in [1.54, 1.807) is 0 Å². The van der Waals surface area contributed by atoms with Crippen molar-refractivity contribution in [2.45, 2.75) is 382 Å². The van der Waals surface area contributed by atoms with E-state index in [1.165, 1.54) is 167 Å². The molecule has 19 heteroatoms. The van der Waals surface area contributed by atoms with Gasteiger partial charge in [0.15, 0.2) is 12.2 Å². The van der Waals surface area contributed by atoms with E-state index in [9.17, 15) is 43.2 Å². The fraction of sp³-hybridized carbons (Fsp3) is 0.945. The monoisotopic (exact) mass is 1350 g/mol. The highest BCUT2D eigenvalue weighted by molar-refractivity contribution is 7.47. The molecular formula is C73H142O17P2. The first-order chi connectivity index (χ1) is 44.1. The third-order valence-corrected chi connectivity index (χ3v) is 18.7. The molecule has 92 heavy (non-hydrogen) atoms. The van der Waals surface area contributed by atoms with Crippen molar-refractivity contribution in [2.75, 3.05) is 39.6 Å². The number of phosphoric ester groups is 2. The highest BCUT2D eigenvalue weighted by Gasteiger charge is 2.30. The molecule has 3 unspecified atom stereocenters. The molecule has 0 rings (SSSR count). The number of unbranched alkanes of at least 4 members (excludes halogenated alkanes) is 36. The Bertz CT molecular complexity index is 1820. The zero-order valence-corrected chi connectivity index (χ0v) is 62.0. The van der Waals surface area contributed by atoms with Crippen LogP contribution < -0.4 is 0 Å². The van der Waals surface area contributed by atoms with Crippen LogP contribution in [0.15, 0.2) is 0 Å². The zero-order valence-electron chi connectivity index (χ0n) is 60.2. The van der Waals surface area contributed by atoms with Gasteiger partial charge in [-0.25, -0.2) is 9.13 Å². The van der Waals surface area contributed by atoms with Crippen LogP contribution in [-0.4, -0.2) is 96.7 Å². The Labute approximate surface area is 562 Å². The van der Waals surface area contributed by atoms with Crippen molar-refractivity contribution >= 4 is 39.5 Å². The molecular weight excluding hydrogens is 1210 g/mol. The van der Waals surface area contributed by atoms with E-state index < -0.39 is 97.5 Å². The predicted molar refractivity (Wildman–Crippen MR) is 372 cm³/mol. The number of hydrogen-bond acceptors (Lipinski definition) is 15. The lowest BCUT2D eigenvalue weighted by Crippen LogP contribution is -2.30. The maximum atomic E-state index is 13.0. The maximum absolute atomic E-state index is 13.0. The average molecular weight is 1350 g/mol. The van der Waals surface area contributed by atoms with Crippen molar-refractivity contribution in [1.82, 2.24) is 0 Å². The van der Waals surface area contributed by atoms with Crippen LogP contribution in [0.3, 0.4) is 0 Å². The first kappa shape index (κ1) is 90.1. The lowest BCUT2D eigenvalue weighted by Gasteiger charge is -2.21. The second-order valence-corrected chi connectivity index (χ2v) is 31.1. The molecule has 0 radical (unpaired) electrons. The molecule has 0 aliphatic heterocycles. The SMILES string of the molecule is CC(C)CCCCCCCCCCCCCCCC(=O)O[C@H](COC(=O)CCCCCCCCCCCC(C)C)COP(=O)(O)OCC(O)COP(=O)(O)OC[C@@H](COC(=O)CCCCCCCCCCC(C)C)OC(=O)CCCCCCCCCCCCC(C)C. The number of rotatable bonds is 70. The summed E-state index contributed by atoms with van der Waals surface area (Å²) in [5.74, 6) is 0.884. The van der Waals surface area contributed by atoms with E-state index >= 15 is 0 Å². The lowest BCUT2D eigenvalue weighted by atomic mass is 10.0. The van der Waals surface area contributed by atoms with Crippen LogP contribution in [0.4, 0.5) is 0 Å². The number of ether oxygens (including phenoxy) is 4. The van der Waals surface area contributed by atoms with Gasteiger partial charge in [-0.3, -0.25) is 37.3 Å². The van der Waals surface area contributed by atoms with E-state index in [2.05, 4.69) is 55.4 Å². The van der Waals surface area contributed by atoms with Crippen LogP contribution in [0.5, 0.6) is 0 Å². The fourth-order valence-electron chi connectivity index (χ4n) is 11.0. The molecule has 0 saturated heterocycles. The number of aliphatic hydroxyl groups is 1. The summed E-state index contributed by atoms with van der Waals surface area (Å²) in [5.41, 5.74) is 0. The molecule has 0 aromatic rings. The Balaban J connectivity index is 5.26. The third kappa shape index (κ3) is 66.7. The third-order valence-electron chi connectivity index (χ3n) is 16.8. The number of phosphoric acid groups is 2. The molecule has 0 saturated carbocycles. The van der Waals surface area contributed by atoms with Gasteiger partial charge in [0.05, 0.1) is 26.4 Å². The molecule has 0 spiro atoms. The van der Waals surface area contributed by atoms with Gasteiger partial charge in [0.2, 0.25) is 0 Å². The van der Waals surface area contributed by atoms with Crippen LogP contribution in [-0.2, 0) is 65.4 Å². The van der Waals surface area contributed by atoms with Gasteiger partial charge in [0.25, 0.3) is 0 Å². The van der Waals surface area contributed by atoms with E-state index in [4.69, 9.17) is 37.0 Å². The minimum absolute atomic E-state index is 0.105. The Morgan fingerprint density at radius 2 is 0.457 bits per heavy atom. The second-order valence-electron chi connectivity index (χ2n) is 28.2. The summed E-state index contributed by atoms with van der Waals surface area (Å²) in [6, 6.07) is 0. The molecule has 0 aliphatic rings. The summed E-state index contributed by atoms with van der Waals surface area (Å²) < 4.78 is 68.4. The van der Waals surface area contributed by atoms with Gasteiger partial charge in [-0.05, 0) is 49.4 Å². The molecule has 0 aliphatic carbocycles. The molecule has 17 nitrogen and oxygen atoms in total. The standard InChI is InChI=1S/C73H142O17P2/c1-63(2)49-41-33-25-17-12-10-9-11-13-20-31-39-47-55-72(77)89-68(59-83-70(75)53-45-37-29-22-16-19-27-35-43-51-65(5)6)61-87-91(79,80)85-57-67(74)58-86-92(81,82)88-62-69(60-84-71(76)54-46-38-30-24-23-28-36-44-52-66(7)8)90-73(78)56-48-40-32-21-15-14-18-26-34-42-50-64(3)4/h63-69,74H,9-62H2,1-8H3,(H,79,80)(H,81,82)/t67?,68-,69-/m1/s1. The maximum Gasteiger partial charge on any atom is 0.472 e. The predicted octanol–water partition coefficient (Wildman–Crippen LogP) is 20.9. The summed E-state index contributed by atoms with van der Waals surface area (Å²) in [6.45, 7) is 14.1. The van der Waals surface area contributed by atoms with Gasteiger partial charge in [-0.1, -0.05) is 312 Å². The minimum atomic E-state index is -4.96. The number of carbonyl (C=O) groups is 4. The van der Waals surface area contributed by atoms with Crippen LogP contribution >= 0.6 is 15.6 Å². The van der Waals surface area contributed by atoms with Crippen LogP contribution in [0.2, 0.25) is 0 Å². The summed E-state index contributed by atoms with van der Waals surface area (Å²) in [4.78, 5) is 72.7. The Morgan fingerprint density at radius 1 is 0.272 bits per heavy atom. The molecule has 0 aromatic heterocycles. The van der Waals surface area contributed by atoms with Crippen LogP contribution in [0.1, 0.15) is 364 Å². The second kappa shape index (κ2) is 62.6. The Kier molecular flexibility index (Phi) is 61.3. The van der Waals surface area contributed by atoms with Gasteiger partial charge in [0.1, 0.15) is 19.3 Å². The lowest BCUT2D eigenvalue weighted by molar-refractivity contribution is -0.161. The molecule has 0 aromatic carbocycles. The van der Waals surface area contributed by atoms with Crippen LogP contribution in [0.25, 0.3) is 0 Å². The molecule has 0 heterocycles. The largest absolute Gasteiger partial charge is 0.472 e. The van der Waals surface area contributed by atoms with E-state index in [-0.39, 0.29) is 25.7 Å². The number of aliphatic hydroxyl groups excluding tert-OH is 1. The molecule has 5 atom stereocenters. The van der Waals surface area contributed by atoms with Crippen molar-refractivity contribution in [2.24, 2.45) is 23.7 Å². The fourth-order valence-corrected chi connectivity index (χ4v) is 12.6. The van der Waals surface area contributed by atoms with Crippen molar-refractivity contribution in [1.29, 1.82) is 0 Å². The molecule has 0 amide bonds. The van der Waals surface area contributed by atoms with Gasteiger partial charge in [-0.2, -0.15) is 0 Å². The van der Waals surface area contributed by atoms with Crippen molar-refractivity contribution in [3.05, 3.63) is 0 Å². The summed E-state index contributed by atoms with van der Waals surface area (Å²) in [6.07, 6.45) is 45.8. The highest BCUT2D eigenvalue weighted by Crippen LogP contribution is 2.45. The first-order valence-corrected chi connectivity index (χ1v) is 40.7. The van der Waals surface area contributed by atoms with Gasteiger partial charge in [0, 0.05) is 25.7 Å². The minimum Gasteiger partial charge on any atom is -0.462 e. The normalized spacial score (nSPS) is 14.2. The van der Waals surface area contributed by atoms with Gasteiger partial charge < -0.3 is 33.8 Å². The van der Waals surface area contributed by atoms with E-state index in [0.717, 1.165) is 114 Å². The topological polar surface area (TPSA) is 237 Å². The summed E-state index contributed by atoms with van der Waals surface area (Å²) in [7, 11) is -9.91. The number of carbonyl (C=O) groups excluding carboxylic acids is 4. The molecule has 0 fully saturated rings. The van der Waals surface area contributed by atoms with E-state index in [0.29, 0.717) is 25.7 Å². The molecule has 3 N–H and O–H groups in total. The average Bonchev–Trinajstić information content (AvgIpc) is 2.14. The van der Waals surface area contributed by atoms with Crippen molar-refractivity contribution in [3.8, 4) is 0 Å².